The summed E-state index contributed by atoms with van der Waals surface area (Å²) < 4.78 is 0. The third kappa shape index (κ3) is 3.28. The predicted molar refractivity (Wildman–Crippen MR) is 77.5 cm³/mol. The topological polar surface area (TPSA) is 41.1 Å². The molecule has 0 spiro atoms. The van der Waals surface area contributed by atoms with E-state index in [0.717, 1.165) is 5.69 Å². The van der Waals surface area contributed by atoms with Crippen LogP contribution >= 0.6 is 12.2 Å². The van der Waals surface area contributed by atoms with Crippen molar-refractivity contribution < 1.29 is 4.79 Å². The molecule has 1 aromatic carbocycles. The van der Waals surface area contributed by atoms with E-state index in [9.17, 15) is 4.79 Å². The first-order valence-electron chi connectivity index (χ1n) is 5.68. The molecule has 0 fully saturated rings. The second kappa shape index (κ2) is 5.60. The van der Waals surface area contributed by atoms with Crippen molar-refractivity contribution in [3.63, 3.8) is 0 Å². The van der Waals surface area contributed by atoms with Crippen molar-refractivity contribution in [1.29, 1.82) is 0 Å². The van der Waals surface area contributed by atoms with Crippen LogP contribution in [0, 0.1) is 0 Å². The van der Waals surface area contributed by atoms with Gasteiger partial charge in [-0.2, -0.15) is 0 Å². The first kappa shape index (κ1) is 12.5. The summed E-state index contributed by atoms with van der Waals surface area (Å²) in [6.45, 7) is 1.43. The van der Waals surface area contributed by atoms with Crippen molar-refractivity contribution in [2.24, 2.45) is 0 Å². The molecule has 4 heteroatoms. The molecular formula is C14H14N2OS. The fourth-order valence-corrected chi connectivity index (χ4v) is 2.03. The Morgan fingerprint density at radius 3 is 2.33 bits per heavy atom. The minimum Gasteiger partial charge on any atom is -0.332 e. The fourth-order valence-electron chi connectivity index (χ4n) is 1.76. The summed E-state index contributed by atoms with van der Waals surface area (Å²) in [4.78, 5) is 10.8. The van der Waals surface area contributed by atoms with Crippen LogP contribution in [0.25, 0.3) is 0 Å². The number of rotatable bonds is 2. The SMILES string of the molecule is CC(=O)NC(=S)Nc1ccc(C2C=CC=C2)cc1. The van der Waals surface area contributed by atoms with Gasteiger partial charge in [-0.15, -0.1) is 0 Å². The number of amides is 1. The Morgan fingerprint density at radius 1 is 1.17 bits per heavy atom. The summed E-state index contributed by atoms with van der Waals surface area (Å²) in [6, 6.07) is 7.99. The van der Waals surface area contributed by atoms with E-state index >= 15 is 0 Å². The molecule has 1 amide bonds. The van der Waals surface area contributed by atoms with Gasteiger partial charge in [0.05, 0.1) is 0 Å². The first-order chi connectivity index (χ1) is 8.65. The zero-order valence-corrected chi connectivity index (χ0v) is 10.8. The van der Waals surface area contributed by atoms with E-state index < -0.39 is 0 Å². The number of nitrogens with one attached hydrogen (secondary N) is 2. The van der Waals surface area contributed by atoms with Gasteiger partial charge in [0, 0.05) is 18.5 Å². The Balaban J connectivity index is 1.99. The Kier molecular flexibility index (Phi) is 3.89. The maximum Gasteiger partial charge on any atom is 0.222 e. The molecule has 0 aliphatic heterocycles. The Bertz CT molecular complexity index is 505. The molecule has 0 aromatic heterocycles. The lowest BCUT2D eigenvalue weighted by molar-refractivity contribution is -0.117. The highest BCUT2D eigenvalue weighted by molar-refractivity contribution is 7.80. The zero-order valence-electron chi connectivity index (χ0n) is 10.0. The summed E-state index contributed by atoms with van der Waals surface area (Å²) in [5, 5.41) is 5.79. The Morgan fingerprint density at radius 2 is 1.78 bits per heavy atom. The maximum absolute atomic E-state index is 10.8. The molecule has 1 aromatic rings. The smallest absolute Gasteiger partial charge is 0.222 e. The van der Waals surface area contributed by atoms with Gasteiger partial charge in [0.15, 0.2) is 5.11 Å². The Hall–Kier alpha value is -1.94. The average Bonchev–Trinajstić information content (AvgIpc) is 2.82. The lowest BCUT2D eigenvalue weighted by Gasteiger charge is -2.10. The second-order valence-corrected chi connectivity index (χ2v) is 4.46. The van der Waals surface area contributed by atoms with Gasteiger partial charge in [-0.3, -0.25) is 4.79 Å². The second-order valence-electron chi connectivity index (χ2n) is 4.05. The Labute approximate surface area is 112 Å². The van der Waals surface area contributed by atoms with Crippen LogP contribution in [0.2, 0.25) is 0 Å². The van der Waals surface area contributed by atoms with Gasteiger partial charge < -0.3 is 10.6 Å². The summed E-state index contributed by atoms with van der Waals surface area (Å²) in [6.07, 6.45) is 8.38. The van der Waals surface area contributed by atoms with Gasteiger partial charge in [-0.1, -0.05) is 36.4 Å². The van der Waals surface area contributed by atoms with Gasteiger partial charge in [0.2, 0.25) is 5.91 Å². The molecule has 0 saturated carbocycles. The minimum atomic E-state index is -0.176. The molecule has 3 nitrogen and oxygen atoms in total. The van der Waals surface area contributed by atoms with Crippen molar-refractivity contribution >= 4 is 28.9 Å². The quantitative estimate of drug-likeness (QED) is 0.801. The van der Waals surface area contributed by atoms with Crippen LogP contribution in [-0.2, 0) is 4.79 Å². The summed E-state index contributed by atoms with van der Waals surface area (Å²) in [5.41, 5.74) is 2.10. The standard InChI is InChI=1S/C14H14N2OS/c1-10(17)15-14(18)16-13-8-6-12(7-9-13)11-4-2-3-5-11/h2-9,11H,1H3,(H2,15,16,17,18). The number of hydrogen-bond donors (Lipinski definition) is 2. The monoisotopic (exact) mass is 258 g/mol. The number of carbonyl (C=O) groups excluding carboxylic acids is 1. The molecule has 0 bridgehead atoms. The highest BCUT2D eigenvalue weighted by Gasteiger charge is 2.06. The van der Waals surface area contributed by atoms with E-state index in [-0.39, 0.29) is 5.91 Å². The maximum atomic E-state index is 10.8. The molecule has 1 aliphatic rings. The molecule has 0 unspecified atom stereocenters. The normalized spacial score (nSPS) is 13.6. The van der Waals surface area contributed by atoms with Crippen LogP contribution in [-0.4, -0.2) is 11.0 Å². The van der Waals surface area contributed by atoms with E-state index in [1.54, 1.807) is 0 Å². The number of allylic oxidation sites excluding steroid dienone is 4. The summed E-state index contributed by atoms with van der Waals surface area (Å²) in [7, 11) is 0. The number of benzene rings is 1. The number of anilines is 1. The molecule has 18 heavy (non-hydrogen) atoms. The van der Waals surface area contributed by atoms with E-state index in [0.29, 0.717) is 11.0 Å². The molecule has 2 rings (SSSR count). The molecular weight excluding hydrogens is 244 g/mol. The van der Waals surface area contributed by atoms with Gasteiger partial charge in [0.25, 0.3) is 0 Å². The van der Waals surface area contributed by atoms with Crippen molar-refractivity contribution in [3.8, 4) is 0 Å². The van der Waals surface area contributed by atoms with Crippen LogP contribution in [0.5, 0.6) is 0 Å². The molecule has 2 N–H and O–H groups in total. The summed E-state index contributed by atoms with van der Waals surface area (Å²) >= 11 is 4.99. The zero-order chi connectivity index (χ0) is 13.0. The largest absolute Gasteiger partial charge is 0.332 e. The van der Waals surface area contributed by atoms with E-state index in [1.165, 1.54) is 12.5 Å². The highest BCUT2D eigenvalue weighted by atomic mass is 32.1. The molecule has 0 atom stereocenters. The molecule has 0 radical (unpaired) electrons. The predicted octanol–water partition coefficient (Wildman–Crippen LogP) is 2.73. The van der Waals surface area contributed by atoms with Crippen molar-refractivity contribution in [2.45, 2.75) is 12.8 Å². The molecule has 1 aliphatic carbocycles. The van der Waals surface area contributed by atoms with Crippen LogP contribution in [0.1, 0.15) is 18.4 Å². The van der Waals surface area contributed by atoms with Crippen LogP contribution in [0.15, 0.2) is 48.6 Å². The van der Waals surface area contributed by atoms with Gasteiger partial charge in [-0.05, 0) is 29.9 Å². The van der Waals surface area contributed by atoms with Crippen molar-refractivity contribution in [1.82, 2.24) is 5.32 Å². The lowest BCUT2D eigenvalue weighted by atomic mass is 10.0. The van der Waals surface area contributed by atoms with Crippen LogP contribution in [0.3, 0.4) is 0 Å². The first-order valence-corrected chi connectivity index (χ1v) is 6.09. The van der Waals surface area contributed by atoms with E-state index in [1.807, 2.05) is 36.4 Å². The average molecular weight is 258 g/mol. The molecule has 0 heterocycles. The summed E-state index contributed by atoms with van der Waals surface area (Å²) in [5.74, 6) is 0.187. The van der Waals surface area contributed by atoms with Crippen LogP contribution < -0.4 is 10.6 Å². The van der Waals surface area contributed by atoms with E-state index in [4.69, 9.17) is 12.2 Å². The number of thiocarbonyl (C=S) groups is 1. The van der Waals surface area contributed by atoms with Crippen LogP contribution in [0.4, 0.5) is 5.69 Å². The lowest BCUT2D eigenvalue weighted by Crippen LogP contribution is -2.32. The van der Waals surface area contributed by atoms with Crippen molar-refractivity contribution in [2.75, 3.05) is 5.32 Å². The number of hydrogen-bond acceptors (Lipinski definition) is 2. The van der Waals surface area contributed by atoms with Gasteiger partial charge in [-0.25, -0.2) is 0 Å². The van der Waals surface area contributed by atoms with E-state index in [2.05, 4.69) is 22.8 Å². The minimum absolute atomic E-state index is 0.176. The molecule has 92 valence electrons. The highest BCUT2D eigenvalue weighted by Crippen LogP contribution is 2.24. The third-order valence-electron chi connectivity index (χ3n) is 2.59. The third-order valence-corrected chi connectivity index (χ3v) is 2.80. The van der Waals surface area contributed by atoms with Gasteiger partial charge in [0.1, 0.15) is 0 Å². The number of carbonyl (C=O) groups is 1. The fraction of sp³-hybridized carbons (Fsp3) is 0.143. The van der Waals surface area contributed by atoms with Crippen molar-refractivity contribution in [3.05, 3.63) is 54.1 Å². The molecule has 0 saturated heterocycles. The van der Waals surface area contributed by atoms with Gasteiger partial charge >= 0.3 is 0 Å².